The van der Waals surface area contributed by atoms with E-state index < -0.39 is 40.6 Å². The van der Waals surface area contributed by atoms with Gasteiger partial charge < -0.3 is 35.3 Å². The number of hydrogen-bond acceptors (Lipinski definition) is 10. The largest absolute Gasteiger partial charge is 0.497 e. The molecule has 0 aliphatic carbocycles. The van der Waals surface area contributed by atoms with Gasteiger partial charge in [-0.05, 0) is 18.2 Å². The van der Waals surface area contributed by atoms with Crippen LogP contribution >= 0.6 is 0 Å². The Bertz CT molecular complexity index is 1210. The van der Waals surface area contributed by atoms with E-state index in [1.807, 2.05) is 0 Å². The van der Waals surface area contributed by atoms with Crippen molar-refractivity contribution in [2.24, 2.45) is 5.73 Å². The average Bonchev–Trinajstić information content (AvgIpc) is 3.37. The molecule has 1 unspecified atom stereocenters. The first-order valence-corrected chi connectivity index (χ1v) is 10.9. The Morgan fingerprint density at radius 1 is 1.18 bits per heavy atom. The number of carbonyl (C=O) groups excluding carboxylic acids is 3. The molecule has 0 spiro atoms. The van der Waals surface area contributed by atoms with Crippen LogP contribution in [-0.2, 0) is 36.6 Å². The molecule has 1 aliphatic heterocycles. The van der Waals surface area contributed by atoms with Crippen molar-refractivity contribution in [3.8, 4) is 17.2 Å². The number of nitrogens with one attached hydrogen (secondary N) is 2. The molecule has 12 nitrogen and oxygen atoms in total. The highest BCUT2D eigenvalue weighted by atomic mass is 19.4. The molecular weight excluding hydrogens is 515 g/mol. The number of rotatable bonds is 10. The number of nitrogens with two attached hydrogens (primary N) is 1. The molecule has 15 heteroatoms. The highest BCUT2D eigenvalue weighted by molar-refractivity contribution is 6.41. The van der Waals surface area contributed by atoms with Crippen molar-refractivity contribution >= 4 is 17.6 Å². The standard InChI is InChI=1S/C23H24F3N5O7/c1-35-13-3-4-17(15(7-13)23(24,25)26)38-14-9-28-19(29-10-14)11-30-21(34)22(5-6-37-12-22)31-20(33)16(32)8-18(27)36-2/h3-4,7-10H,5-6,11-12,27H2,1-2H3,(H,30,34)(H,31,33). The monoisotopic (exact) mass is 539 g/mol. The molecule has 2 heterocycles. The Hall–Kier alpha value is -4.40. The minimum absolute atomic E-state index is 0.00794. The number of amides is 2. The Morgan fingerprint density at radius 3 is 2.47 bits per heavy atom. The fourth-order valence-electron chi connectivity index (χ4n) is 3.32. The van der Waals surface area contributed by atoms with Crippen LogP contribution in [0.5, 0.6) is 17.2 Å². The van der Waals surface area contributed by atoms with E-state index in [2.05, 4.69) is 25.3 Å². The van der Waals surface area contributed by atoms with Crippen LogP contribution in [0.25, 0.3) is 0 Å². The van der Waals surface area contributed by atoms with Gasteiger partial charge in [-0.2, -0.15) is 13.2 Å². The lowest BCUT2D eigenvalue weighted by Gasteiger charge is -2.26. The summed E-state index contributed by atoms with van der Waals surface area (Å²) in [6, 6.07) is 3.22. The van der Waals surface area contributed by atoms with Gasteiger partial charge >= 0.3 is 6.18 Å². The van der Waals surface area contributed by atoms with Gasteiger partial charge in [-0.15, -0.1) is 0 Å². The molecule has 204 valence electrons. The molecule has 1 aliphatic rings. The lowest BCUT2D eigenvalue weighted by molar-refractivity contribution is -0.139. The molecule has 0 bridgehead atoms. The smallest absolute Gasteiger partial charge is 0.420 e. The first-order chi connectivity index (χ1) is 18.0. The van der Waals surface area contributed by atoms with E-state index >= 15 is 0 Å². The van der Waals surface area contributed by atoms with Crippen LogP contribution in [0.3, 0.4) is 0 Å². The third kappa shape index (κ3) is 6.88. The number of benzene rings is 1. The molecule has 1 saturated heterocycles. The van der Waals surface area contributed by atoms with E-state index in [9.17, 15) is 27.6 Å². The van der Waals surface area contributed by atoms with Crippen LogP contribution in [0.15, 0.2) is 42.6 Å². The van der Waals surface area contributed by atoms with Gasteiger partial charge in [-0.1, -0.05) is 0 Å². The number of ketones is 1. The Labute approximate surface area is 214 Å². The van der Waals surface area contributed by atoms with Gasteiger partial charge in [-0.3, -0.25) is 14.4 Å². The Morgan fingerprint density at radius 2 is 1.89 bits per heavy atom. The Balaban J connectivity index is 1.65. The number of aromatic nitrogens is 2. The van der Waals surface area contributed by atoms with E-state index in [4.69, 9.17) is 19.9 Å². The molecule has 1 aromatic heterocycles. The molecule has 4 N–H and O–H groups in total. The number of methoxy groups -OCH3 is 2. The topological polar surface area (TPSA) is 164 Å². The van der Waals surface area contributed by atoms with Crippen molar-refractivity contribution in [1.29, 1.82) is 0 Å². The second kappa shape index (κ2) is 11.8. The maximum absolute atomic E-state index is 13.4. The summed E-state index contributed by atoms with van der Waals surface area (Å²) in [6.45, 7) is -0.221. The van der Waals surface area contributed by atoms with Gasteiger partial charge in [-0.25, -0.2) is 9.97 Å². The van der Waals surface area contributed by atoms with Crippen LogP contribution in [0.1, 0.15) is 17.8 Å². The molecule has 1 aromatic carbocycles. The maximum atomic E-state index is 13.4. The van der Waals surface area contributed by atoms with Crippen LogP contribution < -0.4 is 25.8 Å². The molecule has 0 saturated carbocycles. The third-order valence-corrected chi connectivity index (χ3v) is 5.35. The van der Waals surface area contributed by atoms with Gasteiger partial charge in [0.2, 0.25) is 11.7 Å². The fraction of sp³-hybridized carbons (Fsp3) is 0.348. The number of hydrogen-bond donors (Lipinski definition) is 3. The van der Waals surface area contributed by atoms with E-state index in [-0.39, 0.29) is 49.4 Å². The third-order valence-electron chi connectivity index (χ3n) is 5.35. The van der Waals surface area contributed by atoms with Gasteiger partial charge in [0, 0.05) is 13.0 Å². The highest BCUT2D eigenvalue weighted by Gasteiger charge is 2.44. The zero-order valence-corrected chi connectivity index (χ0v) is 20.3. The summed E-state index contributed by atoms with van der Waals surface area (Å²) in [6.07, 6.45) is -1.54. The molecule has 38 heavy (non-hydrogen) atoms. The van der Waals surface area contributed by atoms with E-state index in [0.29, 0.717) is 0 Å². The van der Waals surface area contributed by atoms with Crippen molar-refractivity contribution in [3.63, 3.8) is 0 Å². The van der Waals surface area contributed by atoms with Crippen molar-refractivity contribution in [2.45, 2.75) is 24.7 Å². The quantitative estimate of drug-likeness (QED) is 0.227. The number of nitrogens with zero attached hydrogens (tertiary/aromatic N) is 2. The van der Waals surface area contributed by atoms with Gasteiger partial charge in [0.1, 0.15) is 28.4 Å². The van der Waals surface area contributed by atoms with Crippen LogP contribution in [-0.4, -0.2) is 60.5 Å². The lowest BCUT2D eigenvalue weighted by Crippen LogP contribution is -2.60. The number of carbonyl (C=O) groups is 3. The highest BCUT2D eigenvalue weighted by Crippen LogP contribution is 2.40. The summed E-state index contributed by atoms with van der Waals surface area (Å²) in [5, 5.41) is 4.93. The zero-order chi connectivity index (χ0) is 27.9. The summed E-state index contributed by atoms with van der Waals surface area (Å²) in [5.41, 5.74) is 2.81. The van der Waals surface area contributed by atoms with E-state index in [1.165, 1.54) is 20.3 Å². The van der Waals surface area contributed by atoms with Crippen LogP contribution in [0, 0.1) is 0 Å². The second-order valence-electron chi connectivity index (χ2n) is 7.93. The van der Waals surface area contributed by atoms with Crippen molar-refractivity contribution in [1.82, 2.24) is 20.6 Å². The number of ether oxygens (including phenoxy) is 4. The first-order valence-electron chi connectivity index (χ1n) is 10.9. The molecular formula is C23H24F3N5O7. The van der Waals surface area contributed by atoms with Gasteiger partial charge in [0.15, 0.2) is 11.6 Å². The fourth-order valence-corrected chi connectivity index (χ4v) is 3.32. The summed E-state index contributed by atoms with van der Waals surface area (Å²) in [5.74, 6) is -3.48. The minimum atomic E-state index is -4.69. The normalized spacial score (nSPS) is 17.4. The molecule has 0 radical (unpaired) electrons. The van der Waals surface area contributed by atoms with E-state index in [1.54, 1.807) is 0 Å². The molecule has 1 fully saturated rings. The molecule has 2 amide bonds. The summed E-state index contributed by atoms with van der Waals surface area (Å²) >= 11 is 0. The predicted molar refractivity (Wildman–Crippen MR) is 123 cm³/mol. The maximum Gasteiger partial charge on any atom is 0.420 e. The van der Waals surface area contributed by atoms with Crippen LogP contribution in [0.2, 0.25) is 0 Å². The van der Waals surface area contributed by atoms with E-state index in [0.717, 1.165) is 30.6 Å². The second-order valence-corrected chi connectivity index (χ2v) is 7.93. The number of alkyl halides is 3. The zero-order valence-electron chi connectivity index (χ0n) is 20.3. The first kappa shape index (κ1) is 28.2. The lowest BCUT2D eigenvalue weighted by atomic mass is 9.97. The SMILES string of the molecule is COC(N)=CC(=O)C(=O)NC1(C(=O)NCc2ncc(Oc3ccc(OC)cc3C(F)(F)F)cn2)CCOC1. The summed E-state index contributed by atoms with van der Waals surface area (Å²) in [4.78, 5) is 45.1. The number of halogens is 3. The molecule has 2 aromatic rings. The van der Waals surface area contributed by atoms with Crippen molar-refractivity contribution in [2.75, 3.05) is 27.4 Å². The average molecular weight is 539 g/mol. The van der Waals surface area contributed by atoms with Gasteiger partial charge in [0.05, 0.1) is 45.8 Å². The summed E-state index contributed by atoms with van der Waals surface area (Å²) < 4.78 is 60.2. The molecule has 3 rings (SSSR count). The summed E-state index contributed by atoms with van der Waals surface area (Å²) in [7, 11) is 2.46. The van der Waals surface area contributed by atoms with Crippen LogP contribution in [0.4, 0.5) is 13.2 Å². The minimum Gasteiger partial charge on any atom is -0.497 e. The predicted octanol–water partition coefficient (Wildman–Crippen LogP) is 1.20. The van der Waals surface area contributed by atoms with Crippen molar-refractivity contribution in [3.05, 3.63) is 53.9 Å². The Kier molecular flexibility index (Phi) is 8.72. The molecule has 1 atom stereocenters. The van der Waals surface area contributed by atoms with Crippen molar-refractivity contribution < 1.29 is 46.5 Å². The van der Waals surface area contributed by atoms with Gasteiger partial charge in [0.25, 0.3) is 5.91 Å².